The van der Waals surface area contributed by atoms with Gasteiger partial charge >= 0.3 is 0 Å². The molecule has 0 aliphatic rings. The van der Waals surface area contributed by atoms with Crippen molar-refractivity contribution in [3.8, 4) is 0 Å². The second-order valence-corrected chi connectivity index (χ2v) is 4.34. The van der Waals surface area contributed by atoms with Crippen molar-refractivity contribution in [2.75, 3.05) is 0 Å². The molecule has 7 heteroatoms. The molecular weight excluding hydrogens is 305 g/mol. The van der Waals surface area contributed by atoms with Crippen molar-refractivity contribution >= 4 is 6.21 Å². The second-order valence-electron chi connectivity index (χ2n) is 4.34. The molecule has 0 fully saturated rings. The third kappa shape index (κ3) is 3.08. The molecule has 0 amide bonds. The van der Waals surface area contributed by atoms with Crippen molar-refractivity contribution in [3.63, 3.8) is 0 Å². The first kappa shape index (κ1) is 15.9. The minimum Gasteiger partial charge on any atom is -0.390 e. The third-order valence-electron chi connectivity index (χ3n) is 2.89. The first-order valence-electron chi connectivity index (χ1n) is 6.07. The molecule has 0 bridgehead atoms. The van der Waals surface area contributed by atoms with Gasteiger partial charge in [-0.25, -0.2) is 22.0 Å². The van der Waals surface area contributed by atoms with Crippen molar-refractivity contribution in [1.29, 1.82) is 0 Å². The Hall–Kier alpha value is -2.44. The van der Waals surface area contributed by atoms with Crippen LogP contribution in [-0.2, 0) is 11.4 Å². The van der Waals surface area contributed by atoms with Crippen LogP contribution in [0.25, 0.3) is 0 Å². The van der Waals surface area contributed by atoms with E-state index in [0.29, 0.717) is 5.56 Å². The topological polar surface area (TPSA) is 21.6 Å². The van der Waals surface area contributed by atoms with E-state index in [1.807, 2.05) is 0 Å². The lowest BCUT2D eigenvalue weighted by atomic mass is 10.1. The maximum absolute atomic E-state index is 13.4. The van der Waals surface area contributed by atoms with Crippen LogP contribution in [0.2, 0.25) is 0 Å². The highest BCUT2D eigenvalue weighted by molar-refractivity contribution is 5.81. The average molecular weight is 314 g/mol. The van der Waals surface area contributed by atoms with E-state index in [1.165, 1.54) is 0 Å². The zero-order valence-electron chi connectivity index (χ0n) is 11.3. The van der Waals surface area contributed by atoms with Gasteiger partial charge in [-0.1, -0.05) is 29.4 Å². The van der Waals surface area contributed by atoms with Crippen LogP contribution >= 0.6 is 0 Å². The summed E-state index contributed by atoms with van der Waals surface area (Å²) in [5.74, 6) is -10.1. The van der Waals surface area contributed by atoms with Gasteiger partial charge in [-0.2, -0.15) is 0 Å². The SMILES string of the molecule is Cc1ccccc1/[C]=N\OCc1c(F)c(F)c(F)c(F)c1F. The fourth-order valence-electron chi connectivity index (χ4n) is 1.65. The van der Waals surface area contributed by atoms with Gasteiger partial charge in [-0.15, -0.1) is 0 Å². The van der Waals surface area contributed by atoms with Crippen LogP contribution < -0.4 is 0 Å². The van der Waals surface area contributed by atoms with Gasteiger partial charge in [0.1, 0.15) is 12.8 Å². The molecular formula is C15H9F5NO. The molecule has 0 atom stereocenters. The Morgan fingerprint density at radius 1 is 0.909 bits per heavy atom. The summed E-state index contributed by atoms with van der Waals surface area (Å²) in [5.41, 5.74) is 0.303. The van der Waals surface area contributed by atoms with E-state index in [2.05, 4.69) is 16.2 Å². The van der Waals surface area contributed by atoms with E-state index in [9.17, 15) is 22.0 Å². The zero-order chi connectivity index (χ0) is 16.3. The first-order chi connectivity index (χ1) is 10.4. The Bertz CT molecular complexity index is 701. The maximum atomic E-state index is 13.4. The molecule has 115 valence electrons. The predicted molar refractivity (Wildman–Crippen MR) is 68.7 cm³/mol. The van der Waals surface area contributed by atoms with E-state index in [-0.39, 0.29) is 0 Å². The van der Waals surface area contributed by atoms with E-state index in [0.717, 1.165) is 5.56 Å². The van der Waals surface area contributed by atoms with E-state index >= 15 is 0 Å². The van der Waals surface area contributed by atoms with Crippen molar-refractivity contribution in [2.24, 2.45) is 5.16 Å². The monoisotopic (exact) mass is 314 g/mol. The summed E-state index contributed by atoms with van der Waals surface area (Å²) in [4.78, 5) is 4.57. The summed E-state index contributed by atoms with van der Waals surface area (Å²) in [6.45, 7) is 0.868. The standard InChI is InChI=1S/C15H9F5NO/c1-8-4-2-3-5-9(8)6-21-22-7-10-11(16)13(18)15(20)14(19)12(10)17/h2-5H,7H2,1H3. The Morgan fingerprint density at radius 2 is 1.45 bits per heavy atom. The summed E-state index contributed by atoms with van der Waals surface area (Å²) < 4.78 is 65.5. The van der Waals surface area contributed by atoms with E-state index in [4.69, 9.17) is 0 Å². The number of benzene rings is 2. The van der Waals surface area contributed by atoms with Crippen LogP contribution in [0.5, 0.6) is 0 Å². The molecule has 0 spiro atoms. The molecule has 0 heterocycles. The Labute approximate surface area is 122 Å². The highest BCUT2D eigenvalue weighted by atomic mass is 19.2. The Morgan fingerprint density at radius 3 is 2.05 bits per heavy atom. The van der Waals surface area contributed by atoms with E-state index in [1.54, 1.807) is 31.2 Å². The summed E-state index contributed by atoms with van der Waals surface area (Å²) >= 11 is 0. The molecule has 2 rings (SSSR count). The van der Waals surface area contributed by atoms with Crippen LogP contribution in [0.15, 0.2) is 29.4 Å². The highest BCUT2D eigenvalue weighted by Crippen LogP contribution is 2.23. The molecule has 0 unspecified atom stereocenters. The summed E-state index contributed by atoms with van der Waals surface area (Å²) in [6.07, 6.45) is 2.46. The van der Waals surface area contributed by atoms with Gasteiger partial charge in [0.25, 0.3) is 0 Å². The number of nitrogens with zero attached hydrogens (tertiary/aromatic N) is 1. The lowest BCUT2D eigenvalue weighted by Crippen LogP contribution is -2.07. The molecule has 0 aromatic heterocycles. The minimum absolute atomic E-state index is 0.569. The summed E-state index contributed by atoms with van der Waals surface area (Å²) in [7, 11) is 0. The molecule has 1 radical (unpaired) electrons. The number of rotatable bonds is 4. The lowest BCUT2D eigenvalue weighted by molar-refractivity contribution is 0.124. The smallest absolute Gasteiger partial charge is 0.200 e. The second kappa shape index (κ2) is 6.55. The maximum Gasteiger partial charge on any atom is 0.200 e. The van der Waals surface area contributed by atoms with Crippen LogP contribution in [0, 0.1) is 36.0 Å². The van der Waals surface area contributed by atoms with Crippen molar-refractivity contribution in [1.82, 2.24) is 0 Å². The van der Waals surface area contributed by atoms with Gasteiger partial charge in [0.15, 0.2) is 23.3 Å². The summed E-state index contributed by atoms with van der Waals surface area (Å²) in [6, 6.07) is 6.95. The van der Waals surface area contributed by atoms with Crippen molar-refractivity contribution < 1.29 is 26.8 Å². The molecule has 0 saturated carbocycles. The van der Waals surface area contributed by atoms with Gasteiger partial charge in [-0.05, 0) is 12.5 Å². The average Bonchev–Trinajstić information content (AvgIpc) is 2.52. The number of hydrogen-bond acceptors (Lipinski definition) is 2. The fraction of sp³-hybridized carbons (Fsp3) is 0.133. The molecule has 0 aliphatic heterocycles. The molecule has 0 aliphatic carbocycles. The number of halogens is 5. The molecule has 2 aromatic rings. The minimum atomic E-state index is -2.21. The largest absolute Gasteiger partial charge is 0.390 e. The molecule has 0 saturated heterocycles. The molecule has 2 nitrogen and oxygen atoms in total. The van der Waals surface area contributed by atoms with Gasteiger partial charge in [0.05, 0.1) is 5.56 Å². The Balaban J connectivity index is 2.15. The lowest BCUT2D eigenvalue weighted by Gasteiger charge is -2.06. The normalized spacial score (nSPS) is 11.2. The fourth-order valence-corrected chi connectivity index (χ4v) is 1.65. The molecule has 0 N–H and O–H groups in total. The van der Waals surface area contributed by atoms with Gasteiger partial charge < -0.3 is 4.84 Å². The molecule has 2 aromatic carbocycles. The van der Waals surface area contributed by atoms with Crippen LogP contribution in [-0.4, -0.2) is 6.21 Å². The van der Waals surface area contributed by atoms with Crippen LogP contribution in [0.1, 0.15) is 16.7 Å². The van der Waals surface area contributed by atoms with Crippen molar-refractivity contribution in [3.05, 3.63) is 70.0 Å². The number of aryl methyl sites for hydroxylation is 1. The number of hydrogen-bond donors (Lipinski definition) is 0. The van der Waals surface area contributed by atoms with E-state index < -0.39 is 41.3 Å². The molecule has 22 heavy (non-hydrogen) atoms. The quantitative estimate of drug-likeness (QED) is 0.273. The van der Waals surface area contributed by atoms with Crippen LogP contribution in [0.3, 0.4) is 0 Å². The van der Waals surface area contributed by atoms with Gasteiger partial charge in [-0.3, -0.25) is 0 Å². The van der Waals surface area contributed by atoms with Gasteiger partial charge in [0, 0.05) is 5.56 Å². The van der Waals surface area contributed by atoms with Crippen LogP contribution in [0.4, 0.5) is 22.0 Å². The highest BCUT2D eigenvalue weighted by Gasteiger charge is 2.25. The van der Waals surface area contributed by atoms with Crippen molar-refractivity contribution in [2.45, 2.75) is 13.5 Å². The summed E-state index contributed by atoms with van der Waals surface area (Å²) in [5, 5.41) is 3.34. The third-order valence-corrected chi connectivity index (χ3v) is 2.89. The first-order valence-corrected chi connectivity index (χ1v) is 6.07. The predicted octanol–water partition coefficient (Wildman–Crippen LogP) is 4.12. The van der Waals surface area contributed by atoms with Gasteiger partial charge in [0.2, 0.25) is 5.82 Å². The Kier molecular flexibility index (Phi) is 4.75. The zero-order valence-corrected chi connectivity index (χ0v) is 11.3.